The maximum Gasteiger partial charge on any atom is 0.307 e. The molecule has 0 bridgehead atoms. The molecule has 1 unspecified atom stereocenters. The van der Waals surface area contributed by atoms with E-state index in [0.29, 0.717) is 32.1 Å². The first-order valence-corrected chi connectivity index (χ1v) is 9.48. The Kier molecular flexibility index (Phi) is 9.52. The van der Waals surface area contributed by atoms with Crippen molar-refractivity contribution in [2.45, 2.75) is 83.7 Å². The van der Waals surface area contributed by atoms with Crippen molar-refractivity contribution in [3.8, 4) is 11.8 Å². The summed E-state index contributed by atoms with van der Waals surface area (Å²) < 4.78 is 0. The van der Waals surface area contributed by atoms with E-state index in [1.54, 1.807) is 6.08 Å². The zero-order valence-electron chi connectivity index (χ0n) is 15.6. The average Bonchev–Trinajstić information content (AvgIpc) is 2.95. The number of rotatable bonds is 10. The molecule has 0 amide bonds. The van der Waals surface area contributed by atoms with E-state index >= 15 is 0 Å². The highest BCUT2D eigenvalue weighted by Gasteiger charge is 2.35. The lowest BCUT2D eigenvalue weighted by Crippen LogP contribution is -2.26. The van der Waals surface area contributed by atoms with E-state index in [1.807, 2.05) is 13.0 Å². The van der Waals surface area contributed by atoms with Gasteiger partial charge in [-0.2, -0.15) is 0 Å². The van der Waals surface area contributed by atoms with E-state index in [-0.39, 0.29) is 11.7 Å². The quantitative estimate of drug-likeness (QED) is 0.354. The molecule has 4 nitrogen and oxygen atoms in total. The van der Waals surface area contributed by atoms with Crippen LogP contribution in [0.4, 0.5) is 0 Å². The lowest BCUT2D eigenvalue weighted by molar-refractivity contribution is -0.146. The molecule has 1 saturated carbocycles. The minimum Gasteiger partial charge on any atom is -0.481 e. The maximum atomic E-state index is 11.8. The van der Waals surface area contributed by atoms with Crippen molar-refractivity contribution in [2.75, 3.05) is 0 Å². The molecule has 4 heteroatoms. The van der Waals surface area contributed by atoms with E-state index in [0.717, 1.165) is 32.1 Å². The molecule has 1 aliphatic carbocycles. The maximum absolute atomic E-state index is 11.8. The number of unbranched alkanes of at least 4 members (excludes halogenated alkanes) is 2. The molecule has 2 N–H and O–H groups in total. The van der Waals surface area contributed by atoms with Crippen LogP contribution in [0.2, 0.25) is 0 Å². The summed E-state index contributed by atoms with van der Waals surface area (Å²) in [6.45, 7) is 3.94. The second-order valence-electron chi connectivity index (χ2n) is 7.22. The highest BCUT2D eigenvalue weighted by Crippen LogP contribution is 2.31. The number of Topliss-reactive ketones (excluding diaryl/α,β-unsaturated/α-hetero) is 1. The first kappa shape index (κ1) is 21.4. The summed E-state index contributed by atoms with van der Waals surface area (Å²) in [7, 11) is 0. The van der Waals surface area contributed by atoms with Crippen molar-refractivity contribution in [1.82, 2.24) is 0 Å². The summed E-state index contributed by atoms with van der Waals surface area (Å²) in [5.74, 6) is 4.27. The number of carbonyl (C=O) groups is 2. The van der Waals surface area contributed by atoms with Crippen molar-refractivity contribution < 1.29 is 19.8 Å². The van der Waals surface area contributed by atoms with E-state index < -0.39 is 17.5 Å². The zero-order valence-corrected chi connectivity index (χ0v) is 15.6. The fraction of sp³-hybridized carbons (Fsp3) is 0.714. The molecule has 0 aromatic heterocycles. The average molecular weight is 348 g/mol. The first-order valence-electron chi connectivity index (χ1n) is 9.48. The van der Waals surface area contributed by atoms with Crippen LogP contribution in [0.5, 0.6) is 0 Å². The SMILES string of the molecule is CCCCCC(C)(O)/C=C/CC#CCC[C@H](C(=O)O)[C@H]1CCCC1=O. The molecule has 1 fully saturated rings. The van der Waals surface area contributed by atoms with Crippen LogP contribution in [0, 0.1) is 23.7 Å². The molecule has 25 heavy (non-hydrogen) atoms. The normalized spacial score (nSPS) is 20.9. The Morgan fingerprint density at radius 2 is 2.16 bits per heavy atom. The van der Waals surface area contributed by atoms with Gasteiger partial charge in [0.2, 0.25) is 0 Å². The number of carbonyl (C=O) groups excluding carboxylic acids is 1. The van der Waals surface area contributed by atoms with E-state index in [1.165, 1.54) is 0 Å². The van der Waals surface area contributed by atoms with Gasteiger partial charge < -0.3 is 10.2 Å². The molecule has 0 aliphatic heterocycles. The van der Waals surface area contributed by atoms with Gasteiger partial charge in [-0.15, -0.1) is 5.92 Å². The van der Waals surface area contributed by atoms with Crippen LogP contribution in [0.3, 0.4) is 0 Å². The molecule has 1 aliphatic rings. The number of aliphatic hydroxyl groups is 1. The van der Waals surface area contributed by atoms with Crippen molar-refractivity contribution in [3.05, 3.63) is 12.2 Å². The van der Waals surface area contributed by atoms with Crippen LogP contribution < -0.4 is 0 Å². The van der Waals surface area contributed by atoms with Gasteiger partial charge in [0.05, 0.1) is 11.5 Å². The lowest BCUT2D eigenvalue weighted by Gasteiger charge is -2.18. The van der Waals surface area contributed by atoms with Gasteiger partial charge >= 0.3 is 5.97 Å². The van der Waals surface area contributed by atoms with Gasteiger partial charge in [-0.3, -0.25) is 9.59 Å². The predicted molar refractivity (Wildman–Crippen MR) is 99.0 cm³/mol. The van der Waals surface area contributed by atoms with Crippen molar-refractivity contribution in [2.24, 2.45) is 11.8 Å². The van der Waals surface area contributed by atoms with Crippen LogP contribution >= 0.6 is 0 Å². The summed E-state index contributed by atoms with van der Waals surface area (Å²) in [5.41, 5.74) is -0.784. The topological polar surface area (TPSA) is 74.6 Å². The molecule has 0 heterocycles. The molecule has 0 spiro atoms. The van der Waals surface area contributed by atoms with Gasteiger partial charge in [-0.1, -0.05) is 44.3 Å². The van der Waals surface area contributed by atoms with Gasteiger partial charge in [0.1, 0.15) is 5.78 Å². The Labute approximate surface area is 151 Å². The van der Waals surface area contributed by atoms with Gasteiger partial charge in [-0.25, -0.2) is 0 Å². The van der Waals surface area contributed by atoms with Crippen LogP contribution in [0.15, 0.2) is 12.2 Å². The molecule has 0 aromatic rings. The van der Waals surface area contributed by atoms with Gasteiger partial charge in [0.25, 0.3) is 0 Å². The second-order valence-corrected chi connectivity index (χ2v) is 7.22. The molecule has 140 valence electrons. The molecular formula is C21H32O4. The number of carboxylic acids is 1. The van der Waals surface area contributed by atoms with Gasteiger partial charge in [0.15, 0.2) is 0 Å². The minimum atomic E-state index is -0.884. The van der Waals surface area contributed by atoms with Crippen LogP contribution in [0.25, 0.3) is 0 Å². The molecule has 0 saturated heterocycles. The zero-order chi connectivity index (χ0) is 18.7. The predicted octanol–water partition coefficient (Wildman–Crippen LogP) is 4.12. The standard InChI is InChI=1S/C21H32O4/c1-3-4-9-15-21(2,25)16-10-7-5-6-8-12-18(20(23)24)17-13-11-14-19(17)22/h10,16-18,25H,3-4,7-9,11-15H2,1-2H3,(H,23,24)/b16-10+/t17-,18+,21?/m1/s1. The van der Waals surface area contributed by atoms with Crippen LogP contribution in [-0.4, -0.2) is 27.6 Å². The molecule has 0 aromatic carbocycles. The third kappa shape index (κ3) is 8.36. The monoisotopic (exact) mass is 348 g/mol. The molecule has 0 radical (unpaired) electrons. The summed E-state index contributed by atoms with van der Waals surface area (Å²) in [5, 5.41) is 19.5. The minimum absolute atomic E-state index is 0.0913. The van der Waals surface area contributed by atoms with E-state index in [9.17, 15) is 19.8 Å². The van der Waals surface area contributed by atoms with Gasteiger partial charge in [0, 0.05) is 25.2 Å². The largest absolute Gasteiger partial charge is 0.481 e. The molecular weight excluding hydrogens is 316 g/mol. The van der Waals surface area contributed by atoms with E-state index in [4.69, 9.17) is 0 Å². The van der Waals surface area contributed by atoms with Crippen LogP contribution in [0.1, 0.15) is 78.1 Å². The van der Waals surface area contributed by atoms with Gasteiger partial charge in [-0.05, 0) is 32.6 Å². The fourth-order valence-corrected chi connectivity index (χ4v) is 3.34. The van der Waals surface area contributed by atoms with Crippen molar-refractivity contribution in [3.63, 3.8) is 0 Å². The highest BCUT2D eigenvalue weighted by molar-refractivity contribution is 5.87. The summed E-state index contributed by atoms with van der Waals surface area (Å²) >= 11 is 0. The van der Waals surface area contributed by atoms with Crippen molar-refractivity contribution in [1.29, 1.82) is 0 Å². The summed E-state index contributed by atoms with van der Waals surface area (Å²) in [4.78, 5) is 23.1. The first-order chi connectivity index (χ1) is 11.9. The summed E-state index contributed by atoms with van der Waals surface area (Å²) in [6, 6.07) is 0. The Bertz CT molecular complexity index is 522. The molecule has 1 rings (SSSR count). The Morgan fingerprint density at radius 3 is 2.76 bits per heavy atom. The lowest BCUT2D eigenvalue weighted by atomic mass is 9.86. The third-order valence-electron chi connectivity index (χ3n) is 4.84. The van der Waals surface area contributed by atoms with E-state index in [2.05, 4.69) is 18.8 Å². The highest BCUT2D eigenvalue weighted by atomic mass is 16.4. The third-order valence-corrected chi connectivity index (χ3v) is 4.84. The summed E-state index contributed by atoms with van der Waals surface area (Å²) in [6.07, 6.45) is 11.2. The number of hydrogen-bond donors (Lipinski definition) is 2. The second kappa shape index (κ2) is 11.1. The van der Waals surface area contributed by atoms with Crippen molar-refractivity contribution >= 4 is 11.8 Å². The smallest absolute Gasteiger partial charge is 0.307 e. The number of allylic oxidation sites excluding steroid dienone is 1. The number of aliphatic carboxylic acids is 1. The Morgan fingerprint density at radius 1 is 1.40 bits per heavy atom. The number of hydrogen-bond acceptors (Lipinski definition) is 3. The fourth-order valence-electron chi connectivity index (χ4n) is 3.34. The number of carboxylic acid groups (broad SMARTS) is 1. The number of ketones is 1. The van der Waals surface area contributed by atoms with Crippen LogP contribution in [-0.2, 0) is 9.59 Å². The molecule has 3 atom stereocenters. The Balaban J connectivity index is 2.35. The Hall–Kier alpha value is -1.60.